The molecule has 0 aliphatic carbocycles. The highest BCUT2D eigenvalue weighted by molar-refractivity contribution is 7.89. The minimum atomic E-state index is -3.78. The topological polar surface area (TPSA) is 84.9 Å². The number of aliphatic hydroxyl groups excluding tert-OH is 1. The van der Waals surface area contributed by atoms with Crippen molar-refractivity contribution < 1.29 is 23.0 Å². The zero-order chi connectivity index (χ0) is 19.2. The summed E-state index contributed by atoms with van der Waals surface area (Å²) < 4.78 is 38.2. The monoisotopic (exact) mass is 399 g/mol. The van der Waals surface area contributed by atoms with E-state index in [2.05, 4.69) is 4.72 Å². The summed E-state index contributed by atoms with van der Waals surface area (Å²) in [7, 11) is -2.32. The molecule has 2 aromatic rings. The summed E-state index contributed by atoms with van der Waals surface area (Å²) >= 11 is 6.01. The van der Waals surface area contributed by atoms with Crippen molar-refractivity contribution in [2.75, 3.05) is 26.9 Å². The molecule has 0 spiro atoms. The number of sulfonamides is 1. The molecule has 0 heterocycles. The summed E-state index contributed by atoms with van der Waals surface area (Å²) in [6, 6.07) is 11.8. The standard InChI is InChI=1S/C18H22ClNO5S/c1-13-3-5-14(6-4-13)18(25-10-9-21)12-20-26(22,23)15-7-8-17(24-2)16(19)11-15/h3-8,11,18,20-21H,9-10,12H2,1-2H3/t18-/m0/s1. The Morgan fingerprint density at radius 3 is 2.46 bits per heavy atom. The van der Waals surface area contributed by atoms with Crippen LogP contribution in [0.25, 0.3) is 0 Å². The average Bonchev–Trinajstić information content (AvgIpc) is 2.62. The lowest BCUT2D eigenvalue weighted by molar-refractivity contribution is 0.0309. The third-order valence-corrected chi connectivity index (χ3v) is 5.47. The Morgan fingerprint density at radius 1 is 1.19 bits per heavy atom. The Morgan fingerprint density at radius 2 is 1.88 bits per heavy atom. The third kappa shape index (κ3) is 5.43. The number of benzene rings is 2. The summed E-state index contributed by atoms with van der Waals surface area (Å²) in [5.74, 6) is 0.398. The number of hydrogen-bond donors (Lipinski definition) is 2. The highest BCUT2D eigenvalue weighted by atomic mass is 35.5. The van der Waals surface area contributed by atoms with Crippen LogP contribution < -0.4 is 9.46 Å². The van der Waals surface area contributed by atoms with Gasteiger partial charge in [-0.2, -0.15) is 0 Å². The minimum absolute atomic E-state index is 0.0229. The van der Waals surface area contributed by atoms with Gasteiger partial charge in [0.05, 0.1) is 36.3 Å². The van der Waals surface area contributed by atoms with Gasteiger partial charge in [-0.3, -0.25) is 0 Å². The van der Waals surface area contributed by atoms with E-state index in [0.29, 0.717) is 5.75 Å². The minimum Gasteiger partial charge on any atom is -0.495 e. The van der Waals surface area contributed by atoms with Crippen molar-refractivity contribution in [1.82, 2.24) is 4.72 Å². The van der Waals surface area contributed by atoms with Crippen LogP contribution in [-0.4, -0.2) is 40.4 Å². The van der Waals surface area contributed by atoms with Gasteiger partial charge in [-0.15, -0.1) is 0 Å². The smallest absolute Gasteiger partial charge is 0.240 e. The summed E-state index contributed by atoms with van der Waals surface area (Å²) in [4.78, 5) is 0.0353. The van der Waals surface area contributed by atoms with E-state index in [1.54, 1.807) is 0 Å². The number of hydrogen-bond acceptors (Lipinski definition) is 5. The highest BCUT2D eigenvalue weighted by Gasteiger charge is 2.20. The Labute approximate surface area is 158 Å². The van der Waals surface area contributed by atoms with E-state index >= 15 is 0 Å². The molecule has 2 rings (SSSR count). The van der Waals surface area contributed by atoms with Crippen LogP contribution in [0.15, 0.2) is 47.4 Å². The van der Waals surface area contributed by atoms with E-state index in [9.17, 15) is 8.42 Å². The second-order valence-electron chi connectivity index (χ2n) is 5.64. The van der Waals surface area contributed by atoms with E-state index in [0.717, 1.165) is 11.1 Å². The lowest BCUT2D eigenvalue weighted by Crippen LogP contribution is -2.30. The maximum absolute atomic E-state index is 12.5. The molecule has 2 aromatic carbocycles. The SMILES string of the molecule is COc1ccc(S(=O)(=O)NC[C@H](OCCO)c2ccc(C)cc2)cc1Cl. The number of nitrogens with one attached hydrogen (secondary N) is 1. The van der Waals surface area contributed by atoms with Gasteiger partial charge in [0, 0.05) is 6.54 Å². The lowest BCUT2D eigenvalue weighted by atomic mass is 10.1. The molecule has 0 aromatic heterocycles. The quantitative estimate of drug-likeness (QED) is 0.677. The van der Waals surface area contributed by atoms with Crippen molar-refractivity contribution in [1.29, 1.82) is 0 Å². The number of ether oxygens (including phenoxy) is 2. The molecule has 26 heavy (non-hydrogen) atoms. The molecule has 142 valence electrons. The van der Waals surface area contributed by atoms with Crippen LogP contribution in [0.2, 0.25) is 5.02 Å². The number of halogens is 1. The molecular weight excluding hydrogens is 378 g/mol. The summed E-state index contributed by atoms with van der Waals surface area (Å²) in [6.07, 6.45) is -0.522. The fraction of sp³-hybridized carbons (Fsp3) is 0.333. The molecule has 0 aliphatic rings. The molecule has 0 saturated carbocycles. The molecule has 1 atom stereocenters. The predicted octanol–water partition coefficient (Wildman–Crippen LogP) is 2.69. The van der Waals surface area contributed by atoms with Gasteiger partial charge in [-0.1, -0.05) is 41.4 Å². The first-order valence-corrected chi connectivity index (χ1v) is 9.85. The first kappa shape index (κ1) is 20.7. The van der Waals surface area contributed by atoms with E-state index < -0.39 is 16.1 Å². The Bertz CT molecular complexity index is 824. The van der Waals surface area contributed by atoms with E-state index in [4.69, 9.17) is 26.2 Å². The van der Waals surface area contributed by atoms with Crippen LogP contribution >= 0.6 is 11.6 Å². The molecule has 0 saturated heterocycles. The van der Waals surface area contributed by atoms with Gasteiger partial charge in [-0.05, 0) is 30.7 Å². The van der Waals surface area contributed by atoms with E-state index in [-0.39, 0.29) is 29.7 Å². The van der Waals surface area contributed by atoms with Gasteiger partial charge in [0.15, 0.2) is 0 Å². The Hall–Kier alpha value is -1.64. The van der Waals surface area contributed by atoms with Crippen LogP contribution in [0.5, 0.6) is 5.75 Å². The Balaban J connectivity index is 2.15. The molecule has 0 unspecified atom stereocenters. The molecule has 0 bridgehead atoms. The van der Waals surface area contributed by atoms with E-state index in [1.165, 1.54) is 25.3 Å². The molecule has 2 N–H and O–H groups in total. The van der Waals surface area contributed by atoms with Crippen LogP contribution in [0, 0.1) is 6.92 Å². The maximum atomic E-state index is 12.5. The second kappa shape index (κ2) is 9.34. The second-order valence-corrected chi connectivity index (χ2v) is 7.82. The number of aryl methyl sites for hydroxylation is 1. The largest absolute Gasteiger partial charge is 0.495 e. The van der Waals surface area contributed by atoms with Crippen molar-refractivity contribution in [3.05, 3.63) is 58.6 Å². The molecule has 0 amide bonds. The van der Waals surface area contributed by atoms with Crippen molar-refractivity contribution in [2.24, 2.45) is 0 Å². The first-order valence-electron chi connectivity index (χ1n) is 7.99. The van der Waals surface area contributed by atoms with Gasteiger partial charge in [0.2, 0.25) is 10.0 Å². The lowest BCUT2D eigenvalue weighted by Gasteiger charge is -2.19. The van der Waals surface area contributed by atoms with Gasteiger partial charge in [0.1, 0.15) is 5.75 Å². The number of rotatable bonds is 9. The first-order chi connectivity index (χ1) is 12.4. The van der Waals surface area contributed by atoms with Crippen LogP contribution in [0.1, 0.15) is 17.2 Å². The zero-order valence-electron chi connectivity index (χ0n) is 14.6. The van der Waals surface area contributed by atoms with Crippen molar-refractivity contribution >= 4 is 21.6 Å². The van der Waals surface area contributed by atoms with Crippen LogP contribution in [-0.2, 0) is 14.8 Å². The van der Waals surface area contributed by atoms with Crippen LogP contribution in [0.4, 0.5) is 0 Å². The zero-order valence-corrected chi connectivity index (χ0v) is 16.2. The molecule has 8 heteroatoms. The molecular formula is C18H22ClNO5S. The molecule has 0 aliphatic heterocycles. The Kier molecular flexibility index (Phi) is 7.43. The van der Waals surface area contributed by atoms with Gasteiger partial charge >= 0.3 is 0 Å². The number of methoxy groups -OCH3 is 1. The van der Waals surface area contributed by atoms with Gasteiger partial charge in [-0.25, -0.2) is 13.1 Å². The molecule has 0 fully saturated rings. The highest BCUT2D eigenvalue weighted by Crippen LogP contribution is 2.27. The summed E-state index contributed by atoms with van der Waals surface area (Å²) in [6.45, 7) is 1.94. The fourth-order valence-corrected chi connectivity index (χ4v) is 3.71. The summed E-state index contributed by atoms with van der Waals surface area (Å²) in [5, 5.41) is 9.21. The fourth-order valence-electron chi connectivity index (χ4n) is 2.33. The van der Waals surface area contributed by atoms with Crippen molar-refractivity contribution in [3.63, 3.8) is 0 Å². The van der Waals surface area contributed by atoms with E-state index in [1.807, 2.05) is 31.2 Å². The number of aliphatic hydroxyl groups is 1. The molecule has 0 radical (unpaired) electrons. The van der Waals surface area contributed by atoms with Gasteiger partial charge in [0.25, 0.3) is 0 Å². The molecule has 6 nitrogen and oxygen atoms in total. The predicted molar refractivity (Wildman–Crippen MR) is 100 cm³/mol. The van der Waals surface area contributed by atoms with Crippen molar-refractivity contribution in [3.8, 4) is 5.75 Å². The average molecular weight is 400 g/mol. The maximum Gasteiger partial charge on any atom is 0.240 e. The normalized spacial score (nSPS) is 12.8. The van der Waals surface area contributed by atoms with Crippen LogP contribution in [0.3, 0.4) is 0 Å². The van der Waals surface area contributed by atoms with Crippen molar-refractivity contribution in [2.45, 2.75) is 17.9 Å². The third-order valence-electron chi connectivity index (χ3n) is 3.75. The van der Waals surface area contributed by atoms with Gasteiger partial charge < -0.3 is 14.6 Å². The summed E-state index contributed by atoms with van der Waals surface area (Å²) in [5.41, 5.74) is 1.91.